The number of hydrogen-bond acceptors (Lipinski definition) is 13. The molecule has 1 saturated heterocycles. The van der Waals surface area contributed by atoms with E-state index in [2.05, 4.69) is 69.1 Å². The van der Waals surface area contributed by atoms with Crippen molar-refractivity contribution in [2.24, 2.45) is 17.6 Å². The molecule has 428 valence electrons. The summed E-state index contributed by atoms with van der Waals surface area (Å²) < 4.78 is 1.14. The number of benzene rings is 2. The minimum absolute atomic E-state index is 0.0252. The van der Waals surface area contributed by atoms with Crippen LogP contribution in [0.15, 0.2) is 57.5 Å². The van der Waals surface area contributed by atoms with Crippen molar-refractivity contribution in [1.82, 2.24) is 42.1 Å². The second-order valence-corrected chi connectivity index (χ2v) is 21.2. The minimum Gasteiger partial charge on any atom is -0.481 e. The van der Waals surface area contributed by atoms with Gasteiger partial charge >= 0.3 is 23.9 Å². The molecule has 0 spiro atoms. The molecule has 1 heterocycles. The molecule has 1 aliphatic heterocycles. The van der Waals surface area contributed by atoms with Gasteiger partial charge in [-0.1, -0.05) is 70.2 Å². The highest BCUT2D eigenvalue weighted by molar-refractivity contribution is 9.13. The number of nitrogens with one attached hydrogen (secondary N) is 7. The van der Waals surface area contributed by atoms with Crippen LogP contribution in [0.5, 0.6) is 0 Å². The number of carbonyl (C=O) groups excluding carboxylic acids is 8. The van der Waals surface area contributed by atoms with E-state index in [1.54, 1.807) is 76.2 Å². The lowest BCUT2D eigenvalue weighted by Gasteiger charge is -2.31. The number of rotatable bonds is 31. The Hall–Kier alpha value is -7.00. The molecule has 0 aromatic heterocycles. The van der Waals surface area contributed by atoms with Crippen molar-refractivity contribution >= 4 is 103 Å². The molecular formula is C51H69Br2N9O16. The molecule has 2 aromatic rings. The monoisotopic (exact) mass is 1220 g/mol. The number of likely N-dealkylation sites (tertiary alicyclic amines) is 1. The second-order valence-electron chi connectivity index (χ2n) is 19.6. The van der Waals surface area contributed by atoms with Crippen LogP contribution in [-0.2, 0) is 70.4 Å². The summed E-state index contributed by atoms with van der Waals surface area (Å²) in [6, 6.07) is 0.419. The standard InChI is InChI=1S/C51H69Br2N9O16/c1-25(2)21-33(58-49(75)42(26(3)4)61-44(70)31(54)16-18-38(63)64)47(73)59-35(23-29-13-9-14-30(52)41(29)53)50(76)62-20-10-15-37(62)48(74)57-34(24-40(67)68)46(72)55-27(5)43(69)56-32(17-19-39(65)66)45(71)60-36(51(77)78)22-28-11-7-6-8-12-28/h6-9,11-14,25-27,31-37,42H,10,15-24,54H2,1-5H3,(H,55,72)(H,56,69)(H,57,74)(H,58,75)(H,59,73)(H,60,71)(H,61,70)(H,63,64)(H,65,66)(H,67,68)(H,77,78)/t27-,31-,32-,33-,34-,35-,36-,37+,42-/m0/s1. The summed E-state index contributed by atoms with van der Waals surface area (Å²) in [4.78, 5) is 158. The van der Waals surface area contributed by atoms with Crippen LogP contribution in [0.2, 0.25) is 0 Å². The molecular weight excluding hydrogens is 1150 g/mol. The first kappa shape index (κ1) is 65.3. The maximum absolute atomic E-state index is 14.8. The summed E-state index contributed by atoms with van der Waals surface area (Å²) in [7, 11) is 0. The molecule has 13 N–H and O–H groups in total. The van der Waals surface area contributed by atoms with E-state index in [0.29, 0.717) is 20.1 Å². The summed E-state index contributed by atoms with van der Waals surface area (Å²) in [5, 5.41) is 55.2. The Bertz CT molecular complexity index is 2520. The van der Waals surface area contributed by atoms with E-state index in [1.165, 1.54) is 4.90 Å². The molecule has 25 nitrogen and oxygen atoms in total. The fraction of sp³-hybridized carbons (Fsp3) is 0.529. The lowest BCUT2D eigenvalue weighted by atomic mass is 9.98. The van der Waals surface area contributed by atoms with Crippen LogP contribution in [0.3, 0.4) is 0 Å². The molecule has 0 aliphatic carbocycles. The van der Waals surface area contributed by atoms with Gasteiger partial charge < -0.3 is 68.3 Å². The van der Waals surface area contributed by atoms with Crippen LogP contribution < -0.4 is 43.0 Å². The third kappa shape index (κ3) is 21.1. The van der Waals surface area contributed by atoms with Crippen molar-refractivity contribution in [1.29, 1.82) is 0 Å². The van der Waals surface area contributed by atoms with Gasteiger partial charge in [0.25, 0.3) is 0 Å². The number of carboxylic acids is 4. The van der Waals surface area contributed by atoms with Crippen molar-refractivity contribution in [3.8, 4) is 0 Å². The largest absolute Gasteiger partial charge is 0.481 e. The molecule has 27 heteroatoms. The SMILES string of the molecule is CC(C)C[C@H](NC(=O)[C@@H](NC(=O)[C@@H](N)CCC(=O)O)C(C)C)C(=O)N[C@@H](Cc1cccc(Br)c1Br)C(=O)N1CCC[C@@H]1C(=O)N[C@@H](CC(=O)O)C(=O)N[C@@H](C)C(=O)N[C@@H](CCC(=O)O)C(=O)N[C@@H](Cc1ccccc1)C(=O)O. The normalized spacial score (nSPS) is 16.2. The van der Waals surface area contributed by atoms with Crippen LogP contribution in [0.25, 0.3) is 0 Å². The number of halogens is 2. The van der Waals surface area contributed by atoms with Gasteiger partial charge in [-0.25, -0.2) is 4.79 Å². The van der Waals surface area contributed by atoms with E-state index in [4.69, 9.17) is 10.8 Å². The highest BCUT2D eigenvalue weighted by Crippen LogP contribution is 2.29. The van der Waals surface area contributed by atoms with Crippen LogP contribution in [0, 0.1) is 11.8 Å². The van der Waals surface area contributed by atoms with Crippen LogP contribution >= 0.6 is 31.9 Å². The molecule has 1 aliphatic rings. The van der Waals surface area contributed by atoms with E-state index < -0.39 is 157 Å². The maximum atomic E-state index is 14.8. The van der Waals surface area contributed by atoms with Gasteiger partial charge in [-0.15, -0.1) is 0 Å². The zero-order valence-corrected chi connectivity index (χ0v) is 46.9. The lowest BCUT2D eigenvalue weighted by molar-refractivity contribution is -0.144. The Kier molecular flexibility index (Phi) is 26.3. The number of hydrogen-bond donors (Lipinski definition) is 12. The molecule has 0 saturated carbocycles. The molecule has 2 aromatic carbocycles. The van der Waals surface area contributed by atoms with Crippen molar-refractivity contribution in [3.05, 3.63) is 68.6 Å². The Balaban J connectivity index is 1.85. The summed E-state index contributed by atoms with van der Waals surface area (Å²) in [6.07, 6.45) is -2.70. The van der Waals surface area contributed by atoms with E-state index in [0.717, 1.165) is 6.92 Å². The maximum Gasteiger partial charge on any atom is 0.326 e. The van der Waals surface area contributed by atoms with Crippen molar-refractivity contribution in [2.45, 2.75) is 153 Å². The van der Waals surface area contributed by atoms with Crippen LogP contribution in [0.4, 0.5) is 0 Å². The Morgan fingerprint density at radius 2 is 1.18 bits per heavy atom. The summed E-state index contributed by atoms with van der Waals surface area (Å²) in [5.74, 6) is -13.5. The summed E-state index contributed by atoms with van der Waals surface area (Å²) in [5.41, 5.74) is 6.99. The lowest BCUT2D eigenvalue weighted by Crippen LogP contribution is -2.61. The van der Waals surface area contributed by atoms with Gasteiger partial charge in [0, 0.05) is 41.2 Å². The van der Waals surface area contributed by atoms with Gasteiger partial charge in [0.2, 0.25) is 47.3 Å². The fourth-order valence-electron chi connectivity index (χ4n) is 8.26. The molecule has 1 fully saturated rings. The van der Waals surface area contributed by atoms with E-state index in [1.807, 2.05) is 0 Å². The first-order valence-corrected chi connectivity index (χ1v) is 26.7. The summed E-state index contributed by atoms with van der Waals surface area (Å²) in [6.45, 7) is 7.97. The third-order valence-electron chi connectivity index (χ3n) is 12.4. The van der Waals surface area contributed by atoms with Crippen LogP contribution in [0.1, 0.15) is 97.1 Å². The van der Waals surface area contributed by atoms with Gasteiger partial charge in [0.1, 0.15) is 48.3 Å². The van der Waals surface area contributed by atoms with Gasteiger partial charge in [0.05, 0.1) is 12.5 Å². The Morgan fingerprint density at radius 1 is 0.603 bits per heavy atom. The minimum atomic E-state index is -1.85. The summed E-state index contributed by atoms with van der Waals surface area (Å²) >= 11 is 6.94. The molecule has 9 atom stereocenters. The number of nitrogens with zero attached hydrogens (tertiary/aromatic N) is 1. The smallest absolute Gasteiger partial charge is 0.326 e. The average Bonchev–Trinajstić information content (AvgIpc) is 3.87. The Labute approximate surface area is 467 Å². The van der Waals surface area contributed by atoms with Crippen molar-refractivity contribution < 1.29 is 78.0 Å². The molecule has 8 amide bonds. The highest BCUT2D eigenvalue weighted by Gasteiger charge is 2.41. The topological polar surface area (TPSA) is 399 Å². The highest BCUT2D eigenvalue weighted by atomic mass is 79.9. The number of carboxylic acid groups (broad SMARTS) is 4. The fourth-order valence-corrected chi connectivity index (χ4v) is 9.09. The van der Waals surface area contributed by atoms with Gasteiger partial charge in [-0.05, 0) is 99.9 Å². The van der Waals surface area contributed by atoms with Crippen molar-refractivity contribution in [3.63, 3.8) is 0 Å². The number of amides is 8. The average molecular weight is 1220 g/mol. The number of carbonyl (C=O) groups is 12. The molecule has 0 radical (unpaired) electrons. The van der Waals surface area contributed by atoms with Gasteiger partial charge in [-0.3, -0.25) is 52.7 Å². The quantitative estimate of drug-likeness (QED) is 0.0495. The zero-order chi connectivity index (χ0) is 58.6. The molecule has 78 heavy (non-hydrogen) atoms. The molecule has 3 rings (SSSR count). The number of aliphatic carboxylic acids is 4. The van der Waals surface area contributed by atoms with E-state index in [-0.39, 0.29) is 51.0 Å². The van der Waals surface area contributed by atoms with Gasteiger partial charge in [0.15, 0.2) is 0 Å². The first-order valence-electron chi connectivity index (χ1n) is 25.1. The van der Waals surface area contributed by atoms with E-state index >= 15 is 0 Å². The van der Waals surface area contributed by atoms with Crippen molar-refractivity contribution in [2.75, 3.05) is 6.54 Å². The third-order valence-corrected chi connectivity index (χ3v) is 14.6. The first-order chi connectivity index (χ1) is 36.6. The predicted molar refractivity (Wildman–Crippen MR) is 286 cm³/mol. The van der Waals surface area contributed by atoms with Crippen LogP contribution in [-0.4, -0.2) is 157 Å². The molecule has 0 unspecified atom stereocenters. The van der Waals surface area contributed by atoms with Gasteiger partial charge in [-0.2, -0.15) is 0 Å². The second kappa shape index (κ2) is 31.4. The van der Waals surface area contributed by atoms with E-state index in [9.17, 15) is 72.9 Å². The zero-order valence-electron chi connectivity index (χ0n) is 43.7. The predicted octanol–water partition coefficient (Wildman–Crippen LogP) is 0.720. The number of nitrogens with two attached hydrogens (primary N) is 1. The Morgan fingerprint density at radius 3 is 1.77 bits per heavy atom. The molecule has 0 bridgehead atoms.